The molecule has 0 radical (unpaired) electrons. The Morgan fingerprint density at radius 3 is 2.72 bits per heavy atom. The molecule has 1 fully saturated rings. The number of nitrogens with two attached hydrogens (primary N) is 1. The molecule has 0 aromatic heterocycles. The van der Waals surface area contributed by atoms with E-state index < -0.39 is 0 Å². The van der Waals surface area contributed by atoms with E-state index in [0.717, 1.165) is 10.4 Å². The lowest BCUT2D eigenvalue weighted by Crippen LogP contribution is -2.37. The number of aryl methyl sites for hydroxylation is 1. The first-order valence-electron chi connectivity index (χ1n) is 6.93. The van der Waals surface area contributed by atoms with Gasteiger partial charge in [0.25, 0.3) is 0 Å². The topological polar surface area (TPSA) is 38.0 Å². The SMILES string of the molecule is Cc1ccc(Br)c(NC(CN)C2CCCCC2)c1. The highest BCUT2D eigenvalue weighted by Crippen LogP contribution is 2.30. The average Bonchev–Trinajstić information content (AvgIpc) is 2.41. The van der Waals surface area contributed by atoms with Gasteiger partial charge in [-0.25, -0.2) is 0 Å². The summed E-state index contributed by atoms with van der Waals surface area (Å²) in [5.74, 6) is 0.733. The van der Waals surface area contributed by atoms with Gasteiger partial charge in [-0.15, -0.1) is 0 Å². The van der Waals surface area contributed by atoms with Gasteiger partial charge < -0.3 is 11.1 Å². The van der Waals surface area contributed by atoms with Crippen LogP contribution in [-0.4, -0.2) is 12.6 Å². The average molecular weight is 311 g/mol. The predicted molar refractivity (Wildman–Crippen MR) is 81.9 cm³/mol. The minimum atomic E-state index is 0.406. The number of rotatable bonds is 4. The summed E-state index contributed by atoms with van der Waals surface area (Å²) in [7, 11) is 0. The van der Waals surface area contributed by atoms with Crippen molar-refractivity contribution in [3.8, 4) is 0 Å². The van der Waals surface area contributed by atoms with Gasteiger partial charge in [0, 0.05) is 22.7 Å². The summed E-state index contributed by atoms with van der Waals surface area (Å²) >= 11 is 3.61. The Kier molecular flexibility index (Phi) is 5.07. The molecule has 0 amide bonds. The third-order valence-corrected chi connectivity index (χ3v) is 4.63. The Hall–Kier alpha value is -0.540. The highest BCUT2D eigenvalue weighted by atomic mass is 79.9. The van der Waals surface area contributed by atoms with Gasteiger partial charge in [-0.3, -0.25) is 0 Å². The van der Waals surface area contributed by atoms with Crippen molar-refractivity contribution < 1.29 is 0 Å². The second-order valence-electron chi connectivity index (χ2n) is 5.37. The summed E-state index contributed by atoms with van der Waals surface area (Å²) in [5, 5.41) is 3.64. The molecule has 0 spiro atoms. The molecule has 1 unspecified atom stereocenters. The van der Waals surface area contributed by atoms with Crippen LogP contribution in [0.2, 0.25) is 0 Å². The summed E-state index contributed by atoms with van der Waals surface area (Å²) in [6, 6.07) is 6.82. The molecular formula is C15H23BrN2. The zero-order valence-electron chi connectivity index (χ0n) is 11.1. The number of hydrogen-bond donors (Lipinski definition) is 2. The smallest absolute Gasteiger partial charge is 0.0489 e. The Bertz CT molecular complexity index is 386. The maximum atomic E-state index is 5.96. The second-order valence-corrected chi connectivity index (χ2v) is 6.22. The van der Waals surface area contributed by atoms with Gasteiger partial charge in [-0.2, -0.15) is 0 Å². The zero-order chi connectivity index (χ0) is 13.0. The van der Waals surface area contributed by atoms with E-state index in [1.54, 1.807) is 0 Å². The first-order valence-corrected chi connectivity index (χ1v) is 7.73. The molecule has 2 rings (SSSR count). The molecule has 1 saturated carbocycles. The maximum Gasteiger partial charge on any atom is 0.0489 e. The number of halogens is 1. The van der Waals surface area contributed by atoms with E-state index in [-0.39, 0.29) is 0 Å². The van der Waals surface area contributed by atoms with Crippen LogP contribution in [0.3, 0.4) is 0 Å². The van der Waals surface area contributed by atoms with Gasteiger partial charge in [-0.05, 0) is 59.3 Å². The molecule has 1 aliphatic carbocycles. The maximum absolute atomic E-state index is 5.96. The molecule has 18 heavy (non-hydrogen) atoms. The van der Waals surface area contributed by atoms with Crippen LogP contribution in [-0.2, 0) is 0 Å². The van der Waals surface area contributed by atoms with E-state index in [0.29, 0.717) is 12.6 Å². The van der Waals surface area contributed by atoms with Crippen molar-refractivity contribution in [2.75, 3.05) is 11.9 Å². The van der Waals surface area contributed by atoms with Crippen LogP contribution in [0.25, 0.3) is 0 Å². The third kappa shape index (κ3) is 3.48. The van der Waals surface area contributed by atoms with Crippen LogP contribution in [0, 0.1) is 12.8 Å². The van der Waals surface area contributed by atoms with Gasteiger partial charge in [-0.1, -0.05) is 25.3 Å². The molecule has 3 N–H and O–H groups in total. The molecular weight excluding hydrogens is 288 g/mol. The Morgan fingerprint density at radius 2 is 2.06 bits per heavy atom. The molecule has 1 atom stereocenters. The van der Waals surface area contributed by atoms with E-state index >= 15 is 0 Å². The van der Waals surface area contributed by atoms with Crippen LogP contribution in [0.15, 0.2) is 22.7 Å². The molecule has 3 heteroatoms. The third-order valence-electron chi connectivity index (χ3n) is 3.94. The molecule has 1 aromatic rings. The lowest BCUT2D eigenvalue weighted by atomic mass is 9.84. The summed E-state index contributed by atoms with van der Waals surface area (Å²) in [6.07, 6.45) is 6.74. The Morgan fingerprint density at radius 1 is 1.33 bits per heavy atom. The summed E-state index contributed by atoms with van der Waals surface area (Å²) in [5.41, 5.74) is 8.42. The quantitative estimate of drug-likeness (QED) is 0.879. The summed E-state index contributed by atoms with van der Waals surface area (Å²) in [4.78, 5) is 0. The molecule has 0 heterocycles. The molecule has 0 saturated heterocycles. The van der Waals surface area contributed by atoms with Gasteiger partial charge in [0.15, 0.2) is 0 Å². The predicted octanol–water partition coefficient (Wildman–Crippen LogP) is 4.08. The normalized spacial score (nSPS) is 18.6. The Labute approximate surface area is 118 Å². The van der Waals surface area contributed by atoms with Crippen molar-refractivity contribution in [3.05, 3.63) is 28.2 Å². The van der Waals surface area contributed by atoms with Crippen LogP contribution in [0.1, 0.15) is 37.7 Å². The first-order chi connectivity index (χ1) is 8.70. The monoisotopic (exact) mass is 310 g/mol. The lowest BCUT2D eigenvalue weighted by molar-refractivity contribution is 0.320. The molecule has 1 aliphatic rings. The van der Waals surface area contributed by atoms with Crippen molar-refractivity contribution in [1.29, 1.82) is 0 Å². The lowest BCUT2D eigenvalue weighted by Gasteiger charge is -2.31. The highest BCUT2D eigenvalue weighted by Gasteiger charge is 2.22. The minimum absolute atomic E-state index is 0.406. The summed E-state index contributed by atoms with van der Waals surface area (Å²) < 4.78 is 1.13. The number of benzene rings is 1. The van der Waals surface area contributed by atoms with Crippen molar-refractivity contribution >= 4 is 21.6 Å². The zero-order valence-corrected chi connectivity index (χ0v) is 12.7. The van der Waals surface area contributed by atoms with Gasteiger partial charge in [0.1, 0.15) is 0 Å². The number of nitrogens with one attached hydrogen (secondary N) is 1. The fraction of sp³-hybridized carbons (Fsp3) is 0.600. The molecule has 2 nitrogen and oxygen atoms in total. The van der Waals surface area contributed by atoms with E-state index in [1.807, 2.05) is 0 Å². The van der Waals surface area contributed by atoms with E-state index in [2.05, 4.69) is 46.4 Å². The van der Waals surface area contributed by atoms with E-state index in [9.17, 15) is 0 Å². The highest BCUT2D eigenvalue weighted by molar-refractivity contribution is 9.10. The molecule has 0 bridgehead atoms. The van der Waals surface area contributed by atoms with Gasteiger partial charge in [0.05, 0.1) is 0 Å². The van der Waals surface area contributed by atoms with Crippen molar-refractivity contribution in [2.45, 2.75) is 45.1 Å². The molecule has 0 aliphatic heterocycles. The largest absolute Gasteiger partial charge is 0.380 e. The number of anilines is 1. The van der Waals surface area contributed by atoms with Gasteiger partial charge in [0.2, 0.25) is 0 Å². The first kappa shape index (κ1) is 13.9. The van der Waals surface area contributed by atoms with Crippen LogP contribution in [0.4, 0.5) is 5.69 Å². The fourth-order valence-electron chi connectivity index (χ4n) is 2.86. The Balaban J connectivity index is 2.06. The van der Waals surface area contributed by atoms with Gasteiger partial charge >= 0.3 is 0 Å². The number of hydrogen-bond acceptors (Lipinski definition) is 2. The van der Waals surface area contributed by atoms with E-state index in [4.69, 9.17) is 5.73 Å². The van der Waals surface area contributed by atoms with Crippen LogP contribution < -0.4 is 11.1 Å². The van der Waals surface area contributed by atoms with Crippen molar-refractivity contribution in [1.82, 2.24) is 0 Å². The molecule has 1 aromatic carbocycles. The van der Waals surface area contributed by atoms with Crippen LogP contribution in [0.5, 0.6) is 0 Å². The second kappa shape index (κ2) is 6.58. The van der Waals surface area contributed by atoms with Crippen molar-refractivity contribution in [2.24, 2.45) is 11.7 Å². The molecule has 100 valence electrons. The fourth-order valence-corrected chi connectivity index (χ4v) is 3.22. The van der Waals surface area contributed by atoms with Crippen LogP contribution >= 0.6 is 15.9 Å². The van der Waals surface area contributed by atoms with E-state index in [1.165, 1.54) is 43.4 Å². The minimum Gasteiger partial charge on any atom is -0.380 e. The summed E-state index contributed by atoms with van der Waals surface area (Å²) in [6.45, 7) is 2.83. The standard InChI is InChI=1S/C15H23BrN2/c1-11-7-8-13(16)14(9-11)18-15(10-17)12-5-3-2-4-6-12/h7-9,12,15,18H,2-6,10,17H2,1H3. The van der Waals surface area contributed by atoms with Crippen molar-refractivity contribution in [3.63, 3.8) is 0 Å².